The Hall–Kier alpha value is -2.26. The second-order valence-corrected chi connectivity index (χ2v) is 6.75. The molecule has 0 bridgehead atoms. The zero-order valence-corrected chi connectivity index (χ0v) is 15.1. The lowest BCUT2D eigenvalue weighted by molar-refractivity contribution is 0.122. The van der Waals surface area contributed by atoms with Crippen LogP contribution in [0.15, 0.2) is 16.7 Å². The first-order valence-electron chi connectivity index (χ1n) is 9.20. The van der Waals surface area contributed by atoms with Crippen molar-refractivity contribution in [3.8, 4) is 0 Å². The molecule has 9 heteroatoms. The maximum absolute atomic E-state index is 5.47. The second kappa shape index (κ2) is 7.96. The summed E-state index contributed by atoms with van der Waals surface area (Å²) >= 11 is 0. The van der Waals surface area contributed by atoms with Crippen molar-refractivity contribution >= 4 is 11.8 Å². The molecule has 0 spiro atoms. The fourth-order valence-electron chi connectivity index (χ4n) is 3.38. The molecule has 0 atom stereocenters. The van der Waals surface area contributed by atoms with E-state index in [-0.39, 0.29) is 0 Å². The van der Waals surface area contributed by atoms with Crippen LogP contribution >= 0.6 is 0 Å². The molecular weight excluding hydrogens is 334 g/mol. The van der Waals surface area contributed by atoms with Gasteiger partial charge in [0.15, 0.2) is 0 Å². The molecule has 4 rings (SSSR count). The maximum Gasteiger partial charge on any atom is 0.230 e. The Bertz CT molecular complexity index is 709. The molecule has 0 amide bonds. The Kier molecular flexibility index (Phi) is 5.26. The Morgan fingerprint density at radius 2 is 1.96 bits per heavy atom. The van der Waals surface area contributed by atoms with Crippen LogP contribution in [0.2, 0.25) is 0 Å². The molecule has 0 radical (unpaired) electrons. The van der Waals surface area contributed by atoms with Gasteiger partial charge in [-0.25, -0.2) is 4.98 Å². The highest BCUT2D eigenvalue weighted by atomic mass is 16.5. The van der Waals surface area contributed by atoms with Crippen molar-refractivity contribution < 1.29 is 9.15 Å². The highest BCUT2D eigenvalue weighted by molar-refractivity contribution is 5.42. The van der Waals surface area contributed by atoms with Gasteiger partial charge in [0.25, 0.3) is 0 Å². The number of piperidine rings is 1. The van der Waals surface area contributed by atoms with E-state index < -0.39 is 0 Å². The topological polar surface area (TPSA) is 92.4 Å². The zero-order chi connectivity index (χ0) is 17.8. The Morgan fingerprint density at radius 3 is 2.69 bits per heavy atom. The number of morpholine rings is 1. The van der Waals surface area contributed by atoms with Gasteiger partial charge in [0, 0.05) is 45.3 Å². The smallest absolute Gasteiger partial charge is 0.230 e. The summed E-state index contributed by atoms with van der Waals surface area (Å²) in [6.07, 6.45) is 3.95. The first-order chi connectivity index (χ1) is 12.8. The molecule has 1 N–H and O–H groups in total. The van der Waals surface area contributed by atoms with Crippen LogP contribution in [0.25, 0.3) is 0 Å². The molecule has 0 unspecified atom stereocenters. The molecule has 0 aromatic carbocycles. The van der Waals surface area contributed by atoms with Gasteiger partial charge >= 0.3 is 0 Å². The molecule has 2 aromatic rings. The molecule has 2 aromatic heterocycles. The van der Waals surface area contributed by atoms with Crippen LogP contribution in [-0.4, -0.2) is 70.5 Å². The second-order valence-electron chi connectivity index (χ2n) is 6.75. The van der Waals surface area contributed by atoms with E-state index in [0.717, 1.165) is 70.5 Å². The van der Waals surface area contributed by atoms with Gasteiger partial charge in [-0.3, -0.25) is 4.90 Å². The summed E-state index contributed by atoms with van der Waals surface area (Å²) in [6, 6.07) is 2.36. The quantitative estimate of drug-likeness (QED) is 0.842. The number of likely N-dealkylation sites (tertiary alicyclic amines) is 1. The predicted octanol–water partition coefficient (Wildman–Crippen LogP) is 1.08. The Morgan fingerprint density at radius 1 is 1.15 bits per heavy atom. The summed E-state index contributed by atoms with van der Waals surface area (Å²) in [7, 11) is 0. The average molecular weight is 359 g/mol. The van der Waals surface area contributed by atoms with Gasteiger partial charge in [-0.05, 0) is 18.9 Å². The summed E-state index contributed by atoms with van der Waals surface area (Å²) in [5, 5.41) is 11.5. The van der Waals surface area contributed by atoms with Gasteiger partial charge in [0.1, 0.15) is 5.82 Å². The van der Waals surface area contributed by atoms with E-state index in [0.29, 0.717) is 17.8 Å². The summed E-state index contributed by atoms with van der Waals surface area (Å²) in [5.74, 6) is 2.99. The van der Waals surface area contributed by atoms with Crippen molar-refractivity contribution in [2.24, 2.45) is 0 Å². The summed E-state index contributed by atoms with van der Waals surface area (Å²) in [6.45, 7) is 7.70. The predicted molar refractivity (Wildman–Crippen MR) is 96.0 cm³/mol. The van der Waals surface area contributed by atoms with E-state index in [9.17, 15) is 0 Å². The third kappa shape index (κ3) is 4.28. The molecule has 9 nitrogen and oxygen atoms in total. The monoisotopic (exact) mass is 359 g/mol. The van der Waals surface area contributed by atoms with Crippen molar-refractivity contribution in [2.75, 3.05) is 49.6 Å². The first kappa shape index (κ1) is 17.2. The lowest BCUT2D eigenvalue weighted by Gasteiger charge is -2.32. The third-order valence-corrected chi connectivity index (χ3v) is 4.80. The first-order valence-corrected chi connectivity index (χ1v) is 9.20. The normalized spacial score (nSPS) is 19.7. The molecule has 0 aliphatic carbocycles. The number of hydrogen-bond acceptors (Lipinski definition) is 9. The van der Waals surface area contributed by atoms with Gasteiger partial charge in [-0.1, -0.05) is 0 Å². The number of rotatable bonds is 5. The fourth-order valence-corrected chi connectivity index (χ4v) is 3.38. The maximum atomic E-state index is 5.47. The minimum atomic E-state index is 0.420. The molecule has 2 fully saturated rings. The van der Waals surface area contributed by atoms with Crippen molar-refractivity contribution in [2.45, 2.75) is 32.4 Å². The number of ether oxygens (including phenoxy) is 1. The van der Waals surface area contributed by atoms with Crippen LogP contribution in [0.4, 0.5) is 11.8 Å². The molecule has 2 saturated heterocycles. The van der Waals surface area contributed by atoms with E-state index in [1.165, 1.54) is 0 Å². The zero-order valence-electron chi connectivity index (χ0n) is 15.1. The highest BCUT2D eigenvalue weighted by Crippen LogP contribution is 2.18. The van der Waals surface area contributed by atoms with Gasteiger partial charge < -0.3 is 19.4 Å². The fraction of sp³-hybridized carbons (Fsp3) is 0.647. The van der Waals surface area contributed by atoms with Gasteiger partial charge in [-0.15, -0.1) is 10.2 Å². The van der Waals surface area contributed by atoms with Crippen LogP contribution < -0.4 is 10.2 Å². The molecule has 26 heavy (non-hydrogen) atoms. The van der Waals surface area contributed by atoms with Crippen molar-refractivity contribution in [1.82, 2.24) is 25.1 Å². The number of nitrogens with zero attached hydrogens (tertiary/aromatic N) is 6. The van der Waals surface area contributed by atoms with E-state index in [1.807, 2.05) is 19.2 Å². The number of hydrogen-bond donors (Lipinski definition) is 1. The summed E-state index contributed by atoms with van der Waals surface area (Å²) in [5.41, 5.74) is 0. The lowest BCUT2D eigenvalue weighted by atomic mass is 10.1. The van der Waals surface area contributed by atoms with Crippen molar-refractivity contribution in [1.29, 1.82) is 0 Å². The SMILES string of the molecule is Cc1nnc(CN2CCC(Nc3ccnc(N4CCOCC4)n3)CC2)o1. The van der Waals surface area contributed by atoms with E-state index in [2.05, 4.69) is 35.3 Å². The number of aromatic nitrogens is 4. The van der Waals surface area contributed by atoms with Crippen LogP contribution in [0.3, 0.4) is 0 Å². The van der Waals surface area contributed by atoms with Crippen LogP contribution in [0, 0.1) is 6.92 Å². The van der Waals surface area contributed by atoms with Gasteiger partial charge in [0.2, 0.25) is 17.7 Å². The molecule has 4 heterocycles. The minimum Gasteiger partial charge on any atom is -0.424 e. The standard InChI is InChI=1S/C17H25N7O2/c1-13-21-22-16(26-13)12-23-6-3-14(4-7-23)19-15-2-5-18-17(20-15)24-8-10-25-11-9-24/h2,5,14H,3-4,6-12H2,1H3,(H,18,19,20). The molecule has 0 saturated carbocycles. The van der Waals surface area contributed by atoms with Crippen molar-refractivity contribution in [3.05, 3.63) is 24.0 Å². The highest BCUT2D eigenvalue weighted by Gasteiger charge is 2.21. The lowest BCUT2D eigenvalue weighted by Crippen LogP contribution is -2.39. The largest absolute Gasteiger partial charge is 0.424 e. The van der Waals surface area contributed by atoms with Gasteiger partial charge in [-0.2, -0.15) is 4.98 Å². The number of aryl methyl sites for hydroxylation is 1. The van der Waals surface area contributed by atoms with Crippen molar-refractivity contribution in [3.63, 3.8) is 0 Å². The molecular formula is C17H25N7O2. The van der Waals surface area contributed by atoms with Crippen LogP contribution in [0.5, 0.6) is 0 Å². The molecule has 140 valence electrons. The average Bonchev–Trinajstić information content (AvgIpc) is 3.09. The summed E-state index contributed by atoms with van der Waals surface area (Å²) in [4.78, 5) is 13.6. The van der Waals surface area contributed by atoms with E-state index in [4.69, 9.17) is 9.15 Å². The third-order valence-electron chi connectivity index (χ3n) is 4.80. The Labute approximate surface area is 152 Å². The van der Waals surface area contributed by atoms with Crippen LogP contribution in [-0.2, 0) is 11.3 Å². The summed E-state index contributed by atoms with van der Waals surface area (Å²) < 4.78 is 10.9. The van der Waals surface area contributed by atoms with E-state index >= 15 is 0 Å². The minimum absolute atomic E-state index is 0.420. The molecule has 2 aliphatic rings. The van der Waals surface area contributed by atoms with Gasteiger partial charge in [0.05, 0.1) is 19.8 Å². The number of anilines is 2. The molecule has 2 aliphatic heterocycles. The number of nitrogens with one attached hydrogen (secondary N) is 1. The van der Waals surface area contributed by atoms with E-state index in [1.54, 1.807) is 0 Å². The van der Waals surface area contributed by atoms with Crippen LogP contribution in [0.1, 0.15) is 24.6 Å². The Balaban J connectivity index is 1.28.